The largest absolute Gasteiger partial charge is 0.496 e. The van der Waals surface area contributed by atoms with E-state index in [1.807, 2.05) is 0 Å². The van der Waals surface area contributed by atoms with Gasteiger partial charge < -0.3 is 9.64 Å². The van der Waals surface area contributed by atoms with Crippen molar-refractivity contribution in [1.82, 2.24) is 9.80 Å². The summed E-state index contributed by atoms with van der Waals surface area (Å²) in [5.41, 5.74) is 0.318. The van der Waals surface area contributed by atoms with Crippen LogP contribution in [0.4, 0.5) is 4.39 Å². The fourth-order valence-electron chi connectivity index (χ4n) is 3.04. The first-order valence-electron chi connectivity index (χ1n) is 7.18. The summed E-state index contributed by atoms with van der Waals surface area (Å²) in [6.45, 7) is 4.23. The van der Waals surface area contributed by atoms with Crippen molar-refractivity contribution in [2.75, 3.05) is 40.8 Å². The number of nitrogens with zero attached hydrogens (tertiary/aromatic N) is 2. The van der Waals surface area contributed by atoms with Gasteiger partial charge >= 0.3 is 0 Å². The van der Waals surface area contributed by atoms with Crippen LogP contribution in [0.3, 0.4) is 0 Å². The average molecular weight is 294 g/mol. The lowest BCUT2D eigenvalue weighted by Gasteiger charge is -2.22. The van der Waals surface area contributed by atoms with Gasteiger partial charge in [-0.1, -0.05) is 6.92 Å². The molecule has 0 spiro atoms. The third-order valence-corrected chi connectivity index (χ3v) is 4.14. The molecule has 0 bridgehead atoms. The van der Waals surface area contributed by atoms with Gasteiger partial charge in [0.1, 0.15) is 11.6 Å². The van der Waals surface area contributed by atoms with E-state index in [0.717, 1.165) is 13.1 Å². The van der Waals surface area contributed by atoms with Gasteiger partial charge in [-0.3, -0.25) is 9.69 Å². The summed E-state index contributed by atoms with van der Waals surface area (Å²) in [6.07, 6.45) is 0. The highest BCUT2D eigenvalue weighted by atomic mass is 19.1. The van der Waals surface area contributed by atoms with Gasteiger partial charge in [0.05, 0.1) is 19.2 Å². The molecule has 0 amide bonds. The highest BCUT2D eigenvalue weighted by Gasteiger charge is 2.32. The molecule has 0 N–H and O–H groups in total. The van der Waals surface area contributed by atoms with Crippen LogP contribution in [0, 0.1) is 11.7 Å². The number of rotatable bonds is 5. The summed E-state index contributed by atoms with van der Waals surface area (Å²) in [6, 6.07) is 4.50. The van der Waals surface area contributed by atoms with Crippen LogP contribution in [-0.2, 0) is 0 Å². The molecule has 4 nitrogen and oxygen atoms in total. The molecule has 0 radical (unpaired) electrons. The number of Topliss-reactive ketones (excluding diaryl/α,β-unsaturated/α-hetero) is 1. The van der Waals surface area contributed by atoms with E-state index in [1.165, 1.54) is 25.3 Å². The molecule has 2 atom stereocenters. The van der Waals surface area contributed by atoms with Crippen molar-refractivity contribution >= 4 is 5.78 Å². The normalized spacial score (nSPS) is 22.8. The molecule has 2 rings (SSSR count). The first kappa shape index (κ1) is 15.9. The zero-order valence-electron chi connectivity index (χ0n) is 13.1. The molecule has 1 fully saturated rings. The number of benzene rings is 1. The number of hydrogen-bond acceptors (Lipinski definition) is 4. The van der Waals surface area contributed by atoms with E-state index in [2.05, 4.69) is 30.8 Å². The molecule has 116 valence electrons. The van der Waals surface area contributed by atoms with E-state index >= 15 is 0 Å². The van der Waals surface area contributed by atoms with Gasteiger partial charge in [-0.05, 0) is 38.2 Å². The van der Waals surface area contributed by atoms with E-state index in [0.29, 0.717) is 29.8 Å². The number of ketones is 1. The maximum absolute atomic E-state index is 13.4. The van der Waals surface area contributed by atoms with Crippen LogP contribution in [0.2, 0.25) is 0 Å². The van der Waals surface area contributed by atoms with E-state index in [-0.39, 0.29) is 5.78 Å². The molecule has 0 saturated carbocycles. The van der Waals surface area contributed by atoms with Crippen molar-refractivity contribution in [2.24, 2.45) is 5.92 Å². The Balaban J connectivity index is 2.07. The molecule has 1 aromatic carbocycles. The quantitative estimate of drug-likeness (QED) is 0.777. The molecule has 0 aromatic heterocycles. The van der Waals surface area contributed by atoms with Crippen molar-refractivity contribution < 1.29 is 13.9 Å². The van der Waals surface area contributed by atoms with Crippen molar-refractivity contribution in [2.45, 2.75) is 13.0 Å². The Morgan fingerprint density at radius 3 is 2.71 bits per heavy atom. The number of likely N-dealkylation sites (N-methyl/N-ethyl adjacent to an activating group) is 1. The number of halogens is 1. The van der Waals surface area contributed by atoms with Crippen LogP contribution in [0.5, 0.6) is 5.75 Å². The summed E-state index contributed by atoms with van der Waals surface area (Å²) >= 11 is 0. The van der Waals surface area contributed by atoms with Gasteiger partial charge in [-0.2, -0.15) is 0 Å². The minimum absolute atomic E-state index is 0.0991. The van der Waals surface area contributed by atoms with E-state index in [1.54, 1.807) is 0 Å². The Morgan fingerprint density at radius 2 is 2.14 bits per heavy atom. The number of carbonyl (C=O) groups excluding carboxylic acids is 1. The van der Waals surface area contributed by atoms with Gasteiger partial charge in [0.15, 0.2) is 5.78 Å². The lowest BCUT2D eigenvalue weighted by atomic mass is 10.1. The number of ether oxygens (including phenoxy) is 1. The smallest absolute Gasteiger partial charge is 0.180 e. The second-order valence-corrected chi connectivity index (χ2v) is 5.97. The lowest BCUT2D eigenvalue weighted by molar-refractivity contribution is 0.0937. The first-order valence-corrected chi connectivity index (χ1v) is 7.18. The maximum Gasteiger partial charge on any atom is 0.180 e. The molecule has 1 aliphatic rings. The monoisotopic (exact) mass is 294 g/mol. The summed E-state index contributed by atoms with van der Waals surface area (Å²) in [7, 11) is 5.61. The number of methoxy groups -OCH3 is 1. The minimum Gasteiger partial charge on any atom is -0.496 e. The Hall–Kier alpha value is -1.46. The molecule has 0 aliphatic carbocycles. The van der Waals surface area contributed by atoms with Crippen LogP contribution in [0.1, 0.15) is 17.3 Å². The third kappa shape index (κ3) is 3.60. The molecular weight excluding hydrogens is 271 g/mol. The van der Waals surface area contributed by atoms with Gasteiger partial charge in [-0.25, -0.2) is 4.39 Å². The van der Waals surface area contributed by atoms with E-state index in [4.69, 9.17) is 4.74 Å². The lowest BCUT2D eigenvalue weighted by Crippen LogP contribution is -2.35. The minimum atomic E-state index is -0.417. The fourth-order valence-corrected chi connectivity index (χ4v) is 3.04. The van der Waals surface area contributed by atoms with Gasteiger partial charge in [0.2, 0.25) is 0 Å². The predicted octanol–water partition coefficient (Wildman–Crippen LogP) is 1.90. The number of hydrogen-bond donors (Lipinski definition) is 0. The standard InChI is InChI=1S/C16H23FN2O2/c1-11-8-19(9-14(11)18(2)3)10-15(20)13-7-12(17)5-6-16(13)21-4/h5-7,11,14H,8-10H2,1-4H3. The van der Waals surface area contributed by atoms with Crippen LogP contribution in [-0.4, -0.2) is 62.5 Å². The zero-order valence-corrected chi connectivity index (χ0v) is 13.1. The summed E-state index contributed by atoms with van der Waals surface area (Å²) in [4.78, 5) is 16.7. The molecule has 1 saturated heterocycles. The Bertz CT molecular complexity index is 519. The fraction of sp³-hybridized carbons (Fsp3) is 0.562. The van der Waals surface area contributed by atoms with Crippen LogP contribution >= 0.6 is 0 Å². The number of likely N-dealkylation sites (tertiary alicyclic amines) is 1. The second kappa shape index (κ2) is 6.54. The summed E-state index contributed by atoms with van der Waals surface area (Å²) in [5.74, 6) is 0.429. The van der Waals surface area contributed by atoms with Crippen LogP contribution in [0.15, 0.2) is 18.2 Å². The highest BCUT2D eigenvalue weighted by Crippen LogP contribution is 2.23. The Labute approximate surface area is 125 Å². The number of carbonyl (C=O) groups is 1. The maximum atomic E-state index is 13.4. The summed E-state index contributed by atoms with van der Waals surface area (Å²) in [5, 5.41) is 0. The molecule has 1 aromatic rings. The molecule has 5 heteroatoms. The van der Waals surface area contributed by atoms with E-state index in [9.17, 15) is 9.18 Å². The molecule has 1 heterocycles. The molecule has 21 heavy (non-hydrogen) atoms. The predicted molar refractivity (Wildman–Crippen MR) is 80.4 cm³/mol. The van der Waals surface area contributed by atoms with Crippen molar-refractivity contribution in [1.29, 1.82) is 0 Å². The third-order valence-electron chi connectivity index (χ3n) is 4.14. The zero-order chi connectivity index (χ0) is 15.6. The summed E-state index contributed by atoms with van der Waals surface area (Å²) < 4.78 is 18.5. The van der Waals surface area contributed by atoms with Crippen LogP contribution < -0.4 is 4.74 Å². The van der Waals surface area contributed by atoms with Crippen molar-refractivity contribution in [3.05, 3.63) is 29.6 Å². The van der Waals surface area contributed by atoms with Crippen molar-refractivity contribution in [3.8, 4) is 5.75 Å². The second-order valence-electron chi connectivity index (χ2n) is 5.97. The van der Waals surface area contributed by atoms with Gasteiger partial charge in [0, 0.05) is 19.1 Å². The molecule has 2 unspecified atom stereocenters. The topological polar surface area (TPSA) is 32.8 Å². The highest BCUT2D eigenvalue weighted by molar-refractivity contribution is 6.00. The van der Waals surface area contributed by atoms with Gasteiger partial charge in [0.25, 0.3) is 0 Å². The average Bonchev–Trinajstić information content (AvgIpc) is 2.79. The van der Waals surface area contributed by atoms with Crippen LogP contribution in [0.25, 0.3) is 0 Å². The molecule has 1 aliphatic heterocycles. The first-order chi connectivity index (χ1) is 9.92. The SMILES string of the molecule is COc1ccc(F)cc1C(=O)CN1CC(C)C(N(C)C)C1. The van der Waals surface area contributed by atoms with Gasteiger partial charge in [-0.15, -0.1) is 0 Å². The van der Waals surface area contributed by atoms with E-state index < -0.39 is 5.82 Å². The Morgan fingerprint density at radius 1 is 1.43 bits per heavy atom. The Kier molecular flexibility index (Phi) is 4.96. The van der Waals surface area contributed by atoms with Crippen molar-refractivity contribution in [3.63, 3.8) is 0 Å². The molecular formula is C16H23FN2O2.